The predicted octanol–water partition coefficient (Wildman–Crippen LogP) is 3.44. The van der Waals surface area contributed by atoms with Gasteiger partial charge in [0.2, 0.25) is 5.91 Å². The molecule has 2 fully saturated rings. The molecule has 2 aliphatic carbocycles. The van der Waals surface area contributed by atoms with Crippen LogP contribution in [0.2, 0.25) is 0 Å². The van der Waals surface area contributed by atoms with Crippen LogP contribution in [0.1, 0.15) is 50.5 Å². The van der Waals surface area contributed by atoms with Crippen LogP contribution in [0, 0.1) is 5.92 Å². The van der Waals surface area contributed by atoms with Gasteiger partial charge in [0.1, 0.15) is 0 Å². The standard InChI is InChI=1S/C19H25N3O2/c23-18(14-6-7-14)22-11-10-13-8-9-16(12-17(13)22)21-19(24)20-15-4-2-1-3-5-15/h8-9,12,14-15H,1-7,10-11H2,(H2,20,21,24). The van der Waals surface area contributed by atoms with Gasteiger partial charge in [0.15, 0.2) is 0 Å². The van der Waals surface area contributed by atoms with Crippen LogP contribution in [0.15, 0.2) is 18.2 Å². The fourth-order valence-electron chi connectivity index (χ4n) is 3.84. The normalized spacial score (nSPS) is 20.6. The number of fused-ring (bicyclic) bond motifs is 1. The molecule has 3 aliphatic rings. The van der Waals surface area contributed by atoms with Crippen molar-refractivity contribution in [2.45, 2.75) is 57.4 Å². The summed E-state index contributed by atoms with van der Waals surface area (Å²) in [4.78, 5) is 26.5. The fourth-order valence-corrected chi connectivity index (χ4v) is 3.84. The summed E-state index contributed by atoms with van der Waals surface area (Å²) in [5, 5.41) is 6.00. The summed E-state index contributed by atoms with van der Waals surface area (Å²) < 4.78 is 0. The quantitative estimate of drug-likeness (QED) is 0.893. The van der Waals surface area contributed by atoms with Crippen LogP contribution >= 0.6 is 0 Å². The smallest absolute Gasteiger partial charge is 0.319 e. The molecule has 24 heavy (non-hydrogen) atoms. The fraction of sp³-hybridized carbons (Fsp3) is 0.579. The summed E-state index contributed by atoms with van der Waals surface area (Å²) >= 11 is 0. The van der Waals surface area contributed by atoms with Crippen LogP contribution in [0.5, 0.6) is 0 Å². The predicted molar refractivity (Wildman–Crippen MR) is 94.3 cm³/mol. The van der Waals surface area contributed by atoms with E-state index >= 15 is 0 Å². The Kier molecular flexibility index (Phi) is 4.17. The van der Waals surface area contributed by atoms with Crippen molar-refractivity contribution in [1.82, 2.24) is 5.32 Å². The number of urea groups is 1. The SMILES string of the molecule is O=C(Nc1ccc2c(c1)N(C(=O)C1CC1)CC2)NC1CCCCC1. The highest BCUT2D eigenvalue weighted by atomic mass is 16.2. The summed E-state index contributed by atoms with van der Waals surface area (Å²) in [5.74, 6) is 0.472. The second-order valence-corrected chi connectivity index (χ2v) is 7.29. The van der Waals surface area contributed by atoms with Crippen molar-refractivity contribution in [3.63, 3.8) is 0 Å². The number of nitrogens with zero attached hydrogens (tertiary/aromatic N) is 1. The Balaban J connectivity index is 1.42. The first kappa shape index (κ1) is 15.5. The number of hydrogen-bond acceptors (Lipinski definition) is 2. The van der Waals surface area contributed by atoms with Gasteiger partial charge in [0.05, 0.1) is 0 Å². The first-order valence-corrected chi connectivity index (χ1v) is 9.22. The van der Waals surface area contributed by atoms with E-state index in [9.17, 15) is 9.59 Å². The highest BCUT2D eigenvalue weighted by molar-refractivity contribution is 5.99. The van der Waals surface area contributed by atoms with Crippen molar-refractivity contribution in [2.24, 2.45) is 5.92 Å². The topological polar surface area (TPSA) is 61.4 Å². The number of hydrogen-bond donors (Lipinski definition) is 2. The van der Waals surface area contributed by atoms with Gasteiger partial charge in [-0.05, 0) is 49.8 Å². The van der Waals surface area contributed by atoms with Gasteiger partial charge in [0.25, 0.3) is 0 Å². The maximum atomic E-state index is 12.4. The second-order valence-electron chi connectivity index (χ2n) is 7.29. The molecule has 5 nitrogen and oxygen atoms in total. The Morgan fingerprint density at radius 2 is 1.83 bits per heavy atom. The lowest BCUT2D eigenvalue weighted by molar-refractivity contribution is -0.119. The van der Waals surface area contributed by atoms with E-state index in [1.807, 2.05) is 23.1 Å². The van der Waals surface area contributed by atoms with E-state index in [1.165, 1.54) is 24.8 Å². The third-order valence-corrected chi connectivity index (χ3v) is 5.37. The van der Waals surface area contributed by atoms with Gasteiger partial charge in [-0.3, -0.25) is 4.79 Å². The van der Waals surface area contributed by atoms with Gasteiger partial charge in [-0.2, -0.15) is 0 Å². The molecule has 0 atom stereocenters. The van der Waals surface area contributed by atoms with Gasteiger partial charge in [-0.15, -0.1) is 0 Å². The molecule has 1 aliphatic heterocycles. The Morgan fingerprint density at radius 1 is 1.04 bits per heavy atom. The lowest BCUT2D eigenvalue weighted by atomic mass is 9.96. The van der Waals surface area contributed by atoms with Gasteiger partial charge in [-0.1, -0.05) is 25.3 Å². The summed E-state index contributed by atoms with van der Waals surface area (Å²) in [6.45, 7) is 0.766. The van der Waals surface area contributed by atoms with E-state index in [0.29, 0.717) is 6.04 Å². The van der Waals surface area contributed by atoms with Crippen LogP contribution in [0.4, 0.5) is 16.2 Å². The van der Waals surface area contributed by atoms with E-state index in [4.69, 9.17) is 0 Å². The highest BCUT2D eigenvalue weighted by Gasteiger charge is 2.36. The molecular formula is C19H25N3O2. The maximum Gasteiger partial charge on any atom is 0.319 e. The minimum absolute atomic E-state index is 0.139. The van der Waals surface area contributed by atoms with Crippen molar-refractivity contribution in [1.29, 1.82) is 0 Å². The molecule has 2 saturated carbocycles. The maximum absolute atomic E-state index is 12.4. The molecule has 1 aromatic rings. The monoisotopic (exact) mass is 327 g/mol. The molecule has 0 bridgehead atoms. The van der Waals surface area contributed by atoms with Gasteiger partial charge in [-0.25, -0.2) is 4.79 Å². The zero-order valence-corrected chi connectivity index (χ0v) is 14.0. The molecule has 0 radical (unpaired) electrons. The molecular weight excluding hydrogens is 302 g/mol. The summed E-state index contributed by atoms with van der Waals surface area (Å²) in [6.07, 6.45) is 8.75. The molecule has 0 saturated heterocycles. The first-order chi connectivity index (χ1) is 11.7. The van der Waals surface area contributed by atoms with Gasteiger partial charge < -0.3 is 15.5 Å². The van der Waals surface area contributed by atoms with Gasteiger partial charge >= 0.3 is 6.03 Å². The Bertz CT molecular complexity index is 648. The van der Waals surface area contributed by atoms with Crippen LogP contribution in [-0.4, -0.2) is 24.5 Å². The molecule has 1 aromatic carbocycles. The van der Waals surface area contributed by atoms with Crippen molar-refractivity contribution in [2.75, 3.05) is 16.8 Å². The summed E-state index contributed by atoms with van der Waals surface area (Å²) in [6, 6.07) is 6.07. The highest BCUT2D eigenvalue weighted by Crippen LogP contribution is 2.37. The third-order valence-electron chi connectivity index (χ3n) is 5.37. The summed E-state index contributed by atoms with van der Waals surface area (Å²) in [5.41, 5.74) is 2.93. The second kappa shape index (κ2) is 6.46. The van der Waals surface area contributed by atoms with E-state index < -0.39 is 0 Å². The van der Waals surface area contributed by atoms with E-state index in [2.05, 4.69) is 10.6 Å². The third kappa shape index (κ3) is 3.25. The lowest BCUT2D eigenvalue weighted by Crippen LogP contribution is -2.39. The average molecular weight is 327 g/mol. The molecule has 0 unspecified atom stereocenters. The largest absolute Gasteiger partial charge is 0.335 e. The zero-order chi connectivity index (χ0) is 16.5. The molecule has 2 N–H and O–H groups in total. The van der Waals surface area contributed by atoms with Crippen molar-refractivity contribution in [3.8, 4) is 0 Å². The minimum Gasteiger partial charge on any atom is -0.335 e. The van der Waals surface area contributed by atoms with Crippen molar-refractivity contribution in [3.05, 3.63) is 23.8 Å². The number of amides is 3. The molecule has 128 valence electrons. The Hall–Kier alpha value is -2.04. The number of nitrogens with one attached hydrogen (secondary N) is 2. The molecule has 3 amide bonds. The molecule has 0 spiro atoms. The zero-order valence-electron chi connectivity index (χ0n) is 14.0. The lowest BCUT2D eigenvalue weighted by Gasteiger charge is -2.23. The Labute approximate surface area is 142 Å². The van der Waals surface area contributed by atoms with E-state index in [1.54, 1.807) is 0 Å². The van der Waals surface area contributed by atoms with Crippen LogP contribution < -0.4 is 15.5 Å². The number of anilines is 2. The van der Waals surface area contributed by atoms with Crippen molar-refractivity contribution < 1.29 is 9.59 Å². The molecule has 0 aromatic heterocycles. The van der Waals surface area contributed by atoms with Crippen molar-refractivity contribution >= 4 is 23.3 Å². The molecule has 4 rings (SSSR count). The first-order valence-electron chi connectivity index (χ1n) is 9.22. The van der Waals surface area contributed by atoms with Crippen LogP contribution in [0.3, 0.4) is 0 Å². The molecule has 1 heterocycles. The number of carbonyl (C=O) groups excluding carboxylic acids is 2. The van der Waals surface area contributed by atoms with Crippen LogP contribution in [-0.2, 0) is 11.2 Å². The number of carbonyl (C=O) groups is 2. The Morgan fingerprint density at radius 3 is 2.58 bits per heavy atom. The average Bonchev–Trinajstić information content (AvgIpc) is 3.35. The number of rotatable bonds is 3. The molecule has 5 heteroatoms. The summed E-state index contributed by atoms with van der Waals surface area (Å²) in [7, 11) is 0. The van der Waals surface area contributed by atoms with E-state index in [-0.39, 0.29) is 17.9 Å². The van der Waals surface area contributed by atoms with Crippen LogP contribution in [0.25, 0.3) is 0 Å². The minimum atomic E-state index is -0.139. The van der Waals surface area contributed by atoms with Gasteiger partial charge in [0, 0.05) is 29.9 Å². The van der Waals surface area contributed by atoms with E-state index in [0.717, 1.165) is 50.0 Å². The number of benzene rings is 1.